The SMILES string of the molecule is Cc1cc(S(=O)(=O)N2CCC3(CCN(Cc4ccccn4)C3=O)C2)n(C)n1. The molecule has 2 aromatic rings. The fraction of sp³-hybridized carbons (Fsp3) is 0.500. The average Bonchev–Trinajstić information content (AvgIpc) is 3.31. The molecule has 0 bridgehead atoms. The van der Waals surface area contributed by atoms with E-state index in [4.69, 9.17) is 0 Å². The van der Waals surface area contributed by atoms with E-state index in [0.717, 1.165) is 5.69 Å². The first-order valence-electron chi connectivity index (χ1n) is 9.02. The Balaban J connectivity index is 1.52. The molecule has 1 spiro atoms. The van der Waals surface area contributed by atoms with Gasteiger partial charge in [-0.15, -0.1) is 0 Å². The predicted octanol–water partition coefficient (Wildman–Crippen LogP) is 0.937. The Labute approximate surface area is 158 Å². The van der Waals surface area contributed by atoms with Crippen molar-refractivity contribution in [3.63, 3.8) is 0 Å². The Morgan fingerprint density at radius 1 is 1.22 bits per heavy atom. The molecule has 0 N–H and O–H groups in total. The number of pyridine rings is 1. The van der Waals surface area contributed by atoms with Crippen molar-refractivity contribution in [2.75, 3.05) is 19.6 Å². The third-order valence-electron chi connectivity index (χ3n) is 5.56. The highest BCUT2D eigenvalue weighted by Gasteiger charge is 2.53. The largest absolute Gasteiger partial charge is 0.336 e. The molecule has 2 aliphatic rings. The summed E-state index contributed by atoms with van der Waals surface area (Å²) in [5.74, 6) is 0.0343. The summed E-state index contributed by atoms with van der Waals surface area (Å²) in [6.45, 7) is 3.45. The Bertz CT molecular complexity index is 972. The fourth-order valence-electron chi connectivity index (χ4n) is 4.11. The van der Waals surface area contributed by atoms with Crippen LogP contribution in [0.25, 0.3) is 0 Å². The Hall–Kier alpha value is -2.26. The molecule has 2 fully saturated rings. The monoisotopic (exact) mass is 389 g/mol. The van der Waals surface area contributed by atoms with E-state index in [1.807, 2.05) is 18.2 Å². The number of carbonyl (C=O) groups is 1. The van der Waals surface area contributed by atoms with Gasteiger partial charge in [0.05, 0.1) is 23.3 Å². The van der Waals surface area contributed by atoms with Gasteiger partial charge >= 0.3 is 0 Å². The molecule has 0 aromatic carbocycles. The zero-order chi connectivity index (χ0) is 19.2. The molecule has 1 atom stereocenters. The second-order valence-electron chi connectivity index (χ2n) is 7.41. The minimum absolute atomic E-state index is 0.0343. The topological polar surface area (TPSA) is 88.4 Å². The number of rotatable bonds is 4. The highest BCUT2D eigenvalue weighted by molar-refractivity contribution is 7.89. The van der Waals surface area contributed by atoms with Gasteiger partial charge in [-0.25, -0.2) is 8.42 Å². The highest BCUT2D eigenvalue weighted by atomic mass is 32.2. The first kappa shape index (κ1) is 18.1. The van der Waals surface area contributed by atoms with Crippen molar-refractivity contribution in [2.24, 2.45) is 12.5 Å². The van der Waals surface area contributed by atoms with Crippen molar-refractivity contribution in [1.29, 1.82) is 0 Å². The van der Waals surface area contributed by atoms with E-state index in [1.165, 1.54) is 8.99 Å². The van der Waals surface area contributed by atoms with Crippen molar-refractivity contribution >= 4 is 15.9 Å². The fourth-order valence-corrected chi connectivity index (χ4v) is 5.82. The lowest BCUT2D eigenvalue weighted by atomic mass is 9.86. The van der Waals surface area contributed by atoms with Crippen molar-refractivity contribution in [3.05, 3.63) is 41.9 Å². The Morgan fingerprint density at radius 2 is 2.00 bits per heavy atom. The first-order valence-corrected chi connectivity index (χ1v) is 10.5. The maximum Gasteiger partial charge on any atom is 0.260 e. The number of amides is 1. The minimum Gasteiger partial charge on any atom is -0.336 e. The van der Waals surface area contributed by atoms with Crippen molar-refractivity contribution < 1.29 is 13.2 Å². The molecule has 8 nitrogen and oxygen atoms in total. The smallest absolute Gasteiger partial charge is 0.260 e. The minimum atomic E-state index is -3.66. The van der Waals surface area contributed by atoms with Gasteiger partial charge in [-0.05, 0) is 38.0 Å². The molecule has 0 aliphatic carbocycles. The van der Waals surface area contributed by atoms with E-state index in [2.05, 4.69) is 10.1 Å². The van der Waals surface area contributed by atoms with Crippen LogP contribution in [-0.2, 0) is 28.4 Å². The first-order chi connectivity index (χ1) is 12.8. The lowest BCUT2D eigenvalue weighted by Gasteiger charge is -2.23. The maximum absolute atomic E-state index is 13.1. The summed E-state index contributed by atoms with van der Waals surface area (Å²) in [6, 6.07) is 7.22. The summed E-state index contributed by atoms with van der Waals surface area (Å²) in [7, 11) is -2.04. The van der Waals surface area contributed by atoms with Crippen LogP contribution in [0.3, 0.4) is 0 Å². The zero-order valence-electron chi connectivity index (χ0n) is 15.5. The second-order valence-corrected chi connectivity index (χ2v) is 9.30. The summed E-state index contributed by atoms with van der Waals surface area (Å²) in [5.41, 5.74) is 0.884. The van der Waals surface area contributed by atoms with Crippen LogP contribution in [0.2, 0.25) is 0 Å². The van der Waals surface area contributed by atoms with Gasteiger partial charge < -0.3 is 4.90 Å². The third kappa shape index (κ3) is 3.04. The lowest BCUT2D eigenvalue weighted by Crippen LogP contribution is -2.38. The quantitative estimate of drug-likeness (QED) is 0.776. The summed E-state index contributed by atoms with van der Waals surface area (Å²) in [6.07, 6.45) is 2.95. The van der Waals surface area contributed by atoms with Crippen LogP contribution in [0.15, 0.2) is 35.5 Å². The van der Waals surface area contributed by atoms with Crippen molar-refractivity contribution in [3.8, 4) is 0 Å². The van der Waals surface area contributed by atoms with Crippen LogP contribution in [0.1, 0.15) is 24.2 Å². The van der Waals surface area contributed by atoms with Gasteiger partial charge in [-0.2, -0.15) is 9.40 Å². The van der Waals surface area contributed by atoms with Gasteiger partial charge in [0.1, 0.15) is 0 Å². The van der Waals surface area contributed by atoms with Crippen LogP contribution in [0.4, 0.5) is 0 Å². The summed E-state index contributed by atoms with van der Waals surface area (Å²) in [4.78, 5) is 19.2. The van der Waals surface area contributed by atoms with E-state index >= 15 is 0 Å². The number of sulfonamides is 1. The van der Waals surface area contributed by atoms with E-state index in [1.54, 1.807) is 31.1 Å². The molecular formula is C18H23N5O3S. The Morgan fingerprint density at radius 3 is 2.67 bits per heavy atom. The second kappa shape index (κ2) is 6.42. The average molecular weight is 389 g/mol. The summed E-state index contributed by atoms with van der Waals surface area (Å²) < 4.78 is 28.9. The molecule has 2 aromatic heterocycles. The predicted molar refractivity (Wildman–Crippen MR) is 98.0 cm³/mol. The molecule has 2 aliphatic heterocycles. The van der Waals surface area contributed by atoms with Gasteiger partial charge in [0.15, 0.2) is 5.03 Å². The molecule has 4 heterocycles. The summed E-state index contributed by atoms with van der Waals surface area (Å²) >= 11 is 0. The van der Waals surface area contributed by atoms with Gasteiger partial charge in [0.2, 0.25) is 5.91 Å². The standard InChI is InChI=1S/C18H23N5O3S/c1-14-11-16(21(2)20-14)27(25,26)23-10-7-18(13-23)6-9-22(17(18)24)12-15-5-3-4-8-19-15/h3-5,8,11H,6-7,9-10,12-13H2,1-2H3. The third-order valence-corrected chi connectivity index (χ3v) is 7.46. The zero-order valence-corrected chi connectivity index (χ0v) is 16.3. The number of hydrogen-bond donors (Lipinski definition) is 0. The van der Waals surface area contributed by atoms with Crippen LogP contribution in [0, 0.1) is 12.3 Å². The number of carbonyl (C=O) groups excluding carboxylic acids is 1. The molecule has 9 heteroatoms. The summed E-state index contributed by atoms with van der Waals surface area (Å²) in [5, 5.41) is 4.31. The number of nitrogens with zero attached hydrogens (tertiary/aromatic N) is 5. The van der Waals surface area contributed by atoms with Crippen molar-refractivity contribution in [2.45, 2.75) is 31.3 Å². The molecule has 27 heavy (non-hydrogen) atoms. The number of aryl methyl sites for hydroxylation is 2. The van der Waals surface area contributed by atoms with Gasteiger partial charge in [0.25, 0.3) is 10.0 Å². The maximum atomic E-state index is 13.1. The van der Waals surface area contributed by atoms with Crippen LogP contribution < -0.4 is 0 Å². The lowest BCUT2D eigenvalue weighted by molar-refractivity contribution is -0.135. The molecule has 0 saturated carbocycles. The Kier molecular flexibility index (Phi) is 4.31. The molecule has 2 saturated heterocycles. The highest BCUT2D eigenvalue weighted by Crippen LogP contribution is 2.42. The van der Waals surface area contributed by atoms with Gasteiger partial charge in [-0.3, -0.25) is 14.5 Å². The van der Waals surface area contributed by atoms with E-state index in [9.17, 15) is 13.2 Å². The van der Waals surface area contributed by atoms with E-state index in [0.29, 0.717) is 38.2 Å². The normalized spacial score (nSPS) is 23.6. The molecule has 1 unspecified atom stereocenters. The van der Waals surface area contributed by atoms with Gasteiger partial charge in [0, 0.05) is 32.9 Å². The van der Waals surface area contributed by atoms with Crippen molar-refractivity contribution in [1.82, 2.24) is 24.0 Å². The van der Waals surface area contributed by atoms with E-state index < -0.39 is 15.4 Å². The van der Waals surface area contributed by atoms with E-state index in [-0.39, 0.29) is 17.5 Å². The number of hydrogen-bond acceptors (Lipinski definition) is 5. The molecular weight excluding hydrogens is 366 g/mol. The van der Waals surface area contributed by atoms with Crippen LogP contribution in [-0.4, -0.2) is 57.9 Å². The van der Waals surface area contributed by atoms with Gasteiger partial charge in [-0.1, -0.05) is 6.07 Å². The molecule has 0 radical (unpaired) electrons. The van der Waals surface area contributed by atoms with Crippen LogP contribution >= 0.6 is 0 Å². The van der Waals surface area contributed by atoms with Crippen LogP contribution in [0.5, 0.6) is 0 Å². The molecule has 4 rings (SSSR count). The molecule has 1 amide bonds. The number of aromatic nitrogens is 3. The number of likely N-dealkylation sites (tertiary alicyclic amines) is 1. The molecule has 144 valence electrons.